The van der Waals surface area contributed by atoms with Crippen molar-refractivity contribution in [1.82, 2.24) is 5.32 Å². The summed E-state index contributed by atoms with van der Waals surface area (Å²) < 4.78 is 5.61. The van der Waals surface area contributed by atoms with E-state index < -0.39 is 12.0 Å². The van der Waals surface area contributed by atoms with Crippen LogP contribution < -0.4 is 5.32 Å². The van der Waals surface area contributed by atoms with E-state index in [-0.39, 0.29) is 5.91 Å². The van der Waals surface area contributed by atoms with Crippen LogP contribution >= 0.6 is 22.6 Å². The summed E-state index contributed by atoms with van der Waals surface area (Å²) >= 11 is 2.01. The number of carbonyl (C=O) groups is 2. The summed E-state index contributed by atoms with van der Waals surface area (Å²) in [5, 5.41) is 2.52. The summed E-state index contributed by atoms with van der Waals surface area (Å²) in [6.45, 7) is 7.07. The normalized spacial score (nSPS) is 11.6. The van der Waals surface area contributed by atoms with Crippen molar-refractivity contribution in [1.29, 1.82) is 0 Å². The van der Waals surface area contributed by atoms with Crippen LogP contribution in [0.5, 0.6) is 0 Å². The molecule has 80 valence electrons. The van der Waals surface area contributed by atoms with Crippen LogP contribution in [0.4, 0.5) is 0 Å². The van der Waals surface area contributed by atoms with Crippen LogP contribution in [0.2, 0.25) is 0 Å². The summed E-state index contributed by atoms with van der Waals surface area (Å²) in [7, 11) is 0. The van der Waals surface area contributed by atoms with Crippen molar-refractivity contribution in [2.75, 3.05) is 6.61 Å². The predicted molar refractivity (Wildman–Crippen MR) is 62.0 cm³/mol. The second kappa shape index (κ2) is 6.80. The van der Waals surface area contributed by atoms with Gasteiger partial charge in [0.25, 0.3) is 0 Å². The molecular weight excluding hydrogens is 297 g/mol. The number of hydrogen-bond donors (Lipinski definition) is 1. The van der Waals surface area contributed by atoms with E-state index in [1.807, 2.05) is 22.6 Å². The Morgan fingerprint density at radius 1 is 1.57 bits per heavy atom. The van der Waals surface area contributed by atoms with E-state index in [1.54, 1.807) is 6.92 Å². The first-order valence-corrected chi connectivity index (χ1v) is 5.32. The number of rotatable bonds is 5. The maximum absolute atomic E-state index is 11.3. The minimum absolute atomic E-state index is 0.249. The smallest absolute Gasteiger partial charge is 0.328 e. The Balaban J connectivity index is 4.29. The van der Waals surface area contributed by atoms with Crippen molar-refractivity contribution in [2.45, 2.75) is 26.3 Å². The molecule has 1 unspecified atom stereocenters. The van der Waals surface area contributed by atoms with Crippen LogP contribution in [0, 0.1) is 0 Å². The standard InChI is InChI=1S/C9H14INO3/c1-4-14-9(13)8(5-6(2)10)11-7(3)12/h8H,2,4-5H2,1,3H3,(H,11,12). The molecule has 1 N–H and O–H groups in total. The number of ether oxygens (including phenoxy) is 1. The Kier molecular flexibility index (Phi) is 6.52. The molecule has 1 amide bonds. The quantitative estimate of drug-likeness (QED) is 0.617. The number of nitrogens with one attached hydrogen (secondary N) is 1. The maximum Gasteiger partial charge on any atom is 0.328 e. The van der Waals surface area contributed by atoms with Crippen molar-refractivity contribution in [3.8, 4) is 0 Å². The largest absolute Gasteiger partial charge is 0.464 e. The number of carbonyl (C=O) groups excluding carboxylic acids is 2. The van der Waals surface area contributed by atoms with E-state index >= 15 is 0 Å². The van der Waals surface area contributed by atoms with Gasteiger partial charge in [-0.1, -0.05) is 6.58 Å². The third-order valence-corrected chi connectivity index (χ3v) is 1.81. The highest BCUT2D eigenvalue weighted by atomic mass is 127. The fourth-order valence-corrected chi connectivity index (χ4v) is 1.34. The molecule has 0 bridgehead atoms. The number of hydrogen-bond acceptors (Lipinski definition) is 3. The van der Waals surface area contributed by atoms with Gasteiger partial charge < -0.3 is 10.1 Å². The van der Waals surface area contributed by atoms with Crippen LogP contribution in [0.25, 0.3) is 0 Å². The van der Waals surface area contributed by atoms with Crippen molar-refractivity contribution >= 4 is 34.5 Å². The second-order valence-electron chi connectivity index (χ2n) is 2.73. The Morgan fingerprint density at radius 3 is 2.50 bits per heavy atom. The first kappa shape index (κ1) is 13.4. The molecule has 0 radical (unpaired) electrons. The van der Waals surface area contributed by atoms with Gasteiger partial charge in [-0.25, -0.2) is 4.79 Å². The van der Waals surface area contributed by atoms with Crippen LogP contribution in [0.1, 0.15) is 20.3 Å². The monoisotopic (exact) mass is 311 g/mol. The Bertz CT molecular complexity index is 224. The molecule has 0 fully saturated rings. The molecule has 5 heteroatoms. The minimum Gasteiger partial charge on any atom is -0.464 e. The molecule has 0 aromatic heterocycles. The number of esters is 1. The highest BCUT2D eigenvalue weighted by molar-refractivity contribution is 14.1. The Hall–Kier alpha value is -0.590. The van der Waals surface area contributed by atoms with E-state index in [1.165, 1.54) is 6.92 Å². The molecule has 4 nitrogen and oxygen atoms in total. The van der Waals surface area contributed by atoms with Gasteiger partial charge in [-0.15, -0.1) is 0 Å². The van der Waals surface area contributed by atoms with Crippen molar-refractivity contribution in [3.05, 3.63) is 10.2 Å². The minimum atomic E-state index is -0.614. The summed E-state index contributed by atoms with van der Waals surface area (Å²) in [4.78, 5) is 22.1. The highest BCUT2D eigenvalue weighted by Gasteiger charge is 2.20. The van der Waals surface area contributed by atoms with Gasteiger partial charge in [-0.3, -0.25) is 4.79 Å². The third kappa shape index (κ3) is 5.95. The van der Waals surface area contributed by atoms with E-state index in [0.717, 1.165) is 3.58 Å². The zero-order valence-electron chi connectivity index (χ0n) is 8.30. The first-order valence-electron chi connectivity index (χ1n) is 4.24. The van der Waals surface area contributed by atoms with E-state index in [9.17, 15) is 9.59 Å². The number of amides is 1. The molecule has 0 aliphatic carbocycles. The Labute approximate surface area is 97.2 Å². The highest BCUT2D eigenvalue weighted by Crippen LogP contribution is 2.11. The average molecular weight is 311 g/mol. The SMILES string of the molecule is C=C(I)CC(NC(C)=O)C(=O)OCC. The maximum atomic E-state index is 11.3. The molecule has 0 aliphatic heterocycles. The van der Waals surface area contributed by atoms with E-state index in [4.69, 9.17) is 4.74 Å². The zero-order valence-corrected chi connectivity index (χ0v) is 10.5. The van der Waals surface area contributed by atoms with Gasteiger partial charge in [-0.2, -0.15) is 0 Å². The lowest BCUT2D eigenvalue weighted by molar-refractivity contribution is -0.147. The molecule has 1 atom stereocenters. The van der Waals surface area contributed by atoms with E-state index in [2.05, 4.69) is 11.9 Å². The number of halogens is 1. The molecule has 0 rings (SSSR count). The molecule has 0 aromatic carbocycles. The zero-order chi connectivity index (χ0) is 11.1. The lowest BCUT2D eigenvalue weighted by atomic mass is 10.2. The molecule has 0 aromatic rings. The lowest BCUT2D eigenvalue weighted by Gasteiger charge is -2.15. The fraction of sp³-hybridized carbons (Fsp3) is 0.556. The first-order chi connectivity index (χ1) is 6.47. The van der Waals surface area contributed by atoms with Gasteiger partial charge in [0.1, 0.15) is 6.04 Å². The molecule has 0 saturated carbocycles. The van der Waals surface area contributed by atoms with Crippen molar-refractivity contribution in [2.24, 2.45) is 0 Å². The molecule has 0 saturated heterocycles. The fourth-order valence-electron chi connectivity index (χ4n) is 0.903. The molecule has 0 aliphatic rings. The lowest BCUT2D eigenvalue weighted by Crippen LogP contribution is -2.40. The van der Waals surface area contributed by atoms with Gasteiger partial charge in [-0.05, 0) is 33.1 Å². The molecule has 0 heterocycles. The average Bonchev–Trinajstić information content (AvgIpc) is 2.01. The summed E-state index contributed by atoms with van der Waals surface area (Å²) in [6, 6.07) is -0.614. The summed E-state index contributed by atoms with van der Waals surface area (Å²) in [5.41, 5.74) is 0. The molecule has 14 heavy (non-hydrogen) atoms. The van der Waals surface area contributed by atoms with Crippen molar-refractivity contribution < 1.29 is 14.3 Å². The van der Waals surface area contributed by atoms with Gasteiger partial charge in [0.05, 0.1) is 6.61 Å². The van der Waals surface area contributed by atoms with Gasteiger partial charge in [0.15, 0.2) is 0 Å². The van der Waals surface area contributed by atoms with Crippen LogP contribution in [-0.4, -0.2) is 24.5 Å². The summed E-state index contributed by atoms with van der Waals surface area (Å²) in [5.74, 6) is -0.666. The van der Waals surface area contributed by atoms with Crippen molar-refractivity contribution in [3.63, 3.8) is 0 Å². The second-order valence-corrected chi connectivity index (χ2v) is 4.25. The predicted octanol–water partition coefficient (Wildman–Crippen LogP) is 1.39. The van der Waals surface area contributed by atoms with Gasteiger partial charge in [0, 0.05) is 13.3 Å². The molecular formula is C9H14INO3. The van der Waals surface area contributed by atoms with Gasteiger partial charge in [0.2, 0.25) is 5.91 Å². The Morgan fingerprint density at radius 2 is 2.14 bits per heavy atom. The van der Waals surface area contributed by atoms with Crippen LogP contribution in [0.15, 0.2) is 10.2 Å². The third-order valence-electron chi connectivity index (χ3n) is 1.37. The summed E-state index contributed by atoms with van der Waals surface area (Å²) in [6.07, 6.45) is 0.402. The van der Waals surface area contributed by atoms with Crippen LogP contribution in [0.3, 0.4) is 0 Å². The molecule has 0 spiro atoms. The van der Waals surface area contributed by atoms with Crippen LogP contribution in [-0.2, 0) is 14.3 Å². The van der Waals surface area contributed by atoms with Gasteiger partial charge >= 0.3 is 5.97 Å². The topological polar surface area (TPSA) is 55.4 Å². The van der Waals surface area contributed by atoms with E-state index in [0.29, 0.717) is 13.0 Å².